The van der Waals surface area contributed by atoms with Crippen molar-refractivity contribution in [3.63, 3.8) is 0 Å². The van der Waals surface area contributed by atoms with Gasteiger partial charge in [-0.25, -0.2) is 0 Å². The van der Waals surface area contributed by atoms with Gasteiger partial charge in [0.1, 0.15) is 24.2 Å². The van der Waals surface area contributed by atoms with E-state index in [1.165, 1.54) is 0 Å². The molecule has 3 N–H and O–H groups in total. The van der Waals surface area contributed by atoms with Crippen LogP contribution in [0.3, 0.4) is 0 Å². The molecule has 0 bridgehead atoms. The van der Waals surface area contributed by atoms with Crippen LogP contribution < -0.4 is 20.1 Å². The van der Waals surface area contributed by atoms with Gasteiger partial charge in [-0.2, -0.15) is 0 Å². The lowest BCUT2D eigenvalue weighted by Crippen LogP contribution is -2.51. The van der Waals surface area contributed by atoms with Gasteiger partial charge in [0, 0.05) is 38.3 Å². The number of ether oxygens (including phenoxy) is 4. The molecular weight excluding hydrogens is 400 g/mol. The number of aliphatic hydroxyl groups is 1. The SMILES string of the molecule is CCCOCCOc1ccc(OC(NC(C)CNC(=O)C2CCOCC2)C(C)O)cc1. The van der Waals surface area contributed by atoms with E-state index in [0.717, 1.165) is 31.6 Å². The van der Waals surface area contributed by atoms with Crippen LogP contribution in [0.2, 0.25) is 0 Å². The molecule has 31 heavy (non-hydrogen) atoms. The number of hydrogen-bond donors (Lipinski definition) is 3. The highest BCUT2D eigenvalue weighted by Gasteiger charge is 2.23. The van der Waals surface area contributed by atoms with E-state index in [1.54, 1.807) is 19.1 Å². The van der Waals surface area contributed by atoms with Crippen LogP contribution >= 0.6 is 0 Å². The predicted octanol–water partition coefficient (Wildman–Crippen LogP) is 2.10. The fraction of sp³-hybridized carbons (Fsp3) is 0.696. The van der Waals surface area contributed by atoms with Gasteiger partial charge in [0.15, 0.2) is 6.23 Å². The van der Waals surface area contributed by atoms with Gasteiger partial charge < -0.3 is 29.4 Å². The number of rotatable bonds is 14. The lowest BCUT2D eigenvalue weighted by atomic mass is 9.99. The highest BCUT2D eigenvalue weighted by atomic mass is 16.5. The summed E-state index contributed by atoms with van der Waals surface area (Å²) >= 11 is 0. The third-order valence-electron chi connectivity index (χ3n) is 4.99. The van der Waals surface area contributed by atoms with Gasteiger partial charge in [0.2, 0.25) is 5.91 Å². The molecule has 0 radical (unpaired) electrons. The van der Waals surface area contributed by atoms with Crippen LogP contribution in [-0.4, -0.2) is 69.0 Å². The highest BCUT2D eigenvalue weighted by Crippen LogP contribution is 2.19. The minimum atomic E-state index is -0.736. The van der Waals surface area contributed by atoms with E-state index >= 15 is 0 Å². The van der Waals surface area contributed by atoms with E-state index < -0.39 is 12.3 Å². The fourth-order valence-electron chi connectivity index (χ4n) is 3.19. The second-order valence-electron chi connectivity index (χ2n) is 7.91. The molecule has 1 heterocycles. The van der Waals surface area contributed by atoms with E-state index in [2.05, 4.69) is 17.6 Å². The van der Waals surface area contributed by atoms with E-state index in [1.807, 2.05) is 19.1 Å². The maximum atomic E-state index is 12.3. The molecule has 8 heteroatoms. The first-order valence-corrected chi connectivity index (χ1v) is 11.3. The van der Waals surface area contributed by atoms with Crippen LogP contribution in [0, 0.1) is 5.92 Å². The molecular formula is C23H38N2O6. The molecule has 1 saturated heterocycles. The molecule has 3 unspecified atom stereocenters. The second kappa shape index (κ2) is 14.2. The van der Waals surface area contributed by atoms with Gasteiger partial charge in [-0.1, -0.05) is 6.92 Å². The summed E-state index contributed by atoms with van der Waals surface area (Å²) in [6.07, 6.45) is 1.17. The molecule has 1 fully saturated rings. The fourth-order valence-corrected chi connectivity index (χ4v) is 3.19. The normalized spacial score (nSPS) is 17.5. The Balaban J connectivity index is 1.75. The molecule has 2 rings (SSSR count). The zero-order valence-corrected chi connectivity index (χ0v) is 19.0. The third kappa shape index (κ3) is 9.86. The quantitative estimate of drug-likeness (QED) is 0.302. The van der Waals surface area contributed by atoms with Crippen molar-refractivity contribution < 1.29 is 28.8 Å². The Hall–Kier alpha value is -1.87. The van der Waals surface area contributed by atoms with E-state index in [4.69, 9.17) is 18.9 Å². The summed E-state index contributed by atoms with van der Waals surface area (Å²) in [5, 5.41) is 16.3. The molecule has 0 spiro atoms. The first-order chi connectivity index (χ1) is 15.0. The topological polar surface area (TPSA) is 98.3 Å². The maximum absolute atomic E-state index is 12.3. The van der Waals surface area contributed by atoms with Gasteiger partial charge in [0.25, 0.3) is 0 Å². The summed E-state index contributed by atoms with van der Waals surface area (Å²) < 4.78 is 22.2. The van der Waals surface area contributed by atoms with Gasteiger partial charge in [-0.15, -0.1) is 0 Å². The molecule has 0 aromatic heterocycles. The molecule has 0 aliphatic carbocycles. The Bertz CT molecular complexity index is 619. The molecule has 1 aromatic rings. The minimum Gasteiger partial charge on any atom is -0.491 e. The standard InChI is InChI=1S/C23H38N2O6/c1-4-11-28-14-15-30-20-5-7-21(8-6-20)31-23(18(3)26)25-17(2)16-24-22(27)19-9-12-29-13-10-19/h5-8,17-19,23,25-26H,4,9-16H2,1-3H3,(H,24,27). The van der Waals surface area contributed by atoms with Gasteiger partial charge >= 0.3 is 0 Å². The van der Waals surface area contributed by atoms with Crippen LogP contribution in [0.1, 0.15) is 40.0 Å². The van der Waals surface area contributed by atoms with Crippen LogP contribution in [0.15, 0.2) is 24.3 Å². The first-order valence-electron chi connectivity index (χ1n) is 11.3. The monoisotopic (exact) mass is 438 g/mol. The average molecular weight is 439 g/mol. The summed E-state index contributed by atoms with van der Waals surface area (Å²) in [5.41, 5.74) is 0. The Morgan fingerprint density at radius 3 is 2.45 bits per heavy atom. The molecule has 1 aliphatic heterocycles. The summed E-state index contributed by atoms with van der Waals surface area (Å²) in [6, 6.07) is 7.18. The zero-order valence-electron chi connectivity index (χ0n) is 19.0. The number of aliphatic hydroxyl groups excluding tert-OH is 1. The number of hydrogen-bond acceptors (Lipinski definition) is 7. The molecule has 3 atom stereocenters. The minimum absolute atomic E-state index is 0.0173. The summed E-state index contributed by atoms with van der Waals surface area (Å²) in [4.78, 5) is 12.3. The van der Waals surface area contributed by atoms with Crippen LogP contribution in [0.5, 0.6) is 11.5 Å². The number of carbonyl (C=O) groups excluding carboxylic acids is 1. The Morgan fingerprint density at radius 1 is 1.13 bits per heavy atom. The molecule has 1 aliphatic rings. The van der Waals surface area contributed by atoms with E-state index in [9.17, 15) is 9.90 Å². The largest absolute Gasteiger partial charge is 0.491 e. The van der Waals surface area contributed by atoms with Crippen molar-refractivity contribution in [1.29, 1.82) is 0 Å². The van der Waals surface area contributed by atoms with Crippen LogP contribution in [0.4, 0.5) is 0 Å². The highest BCUT2D eigenvalue weighted by molar-refractivity contribution is 5.78. The number of nitrogens with one attached hydrogen (secondary N) is 2. The maximum Gasteiger partial charge on any atom is 0.223 e. The van der Waals surface area contributed by atoms with Crippen molar-refractivity contribution in [2.75, 3.05) is 39.6 Å². The first kappa shape index (κ1) is 25.4. The summed E-state index contributed by atoms with van der Waals surface area (Å²) in [7, 11) is 0. The number of amides is 1. The Kier molecular flexibility index (Phi) is 11.7. The van der Waals surface area contributed by atoms with Crippen molar-refractivity contribution in [2.24, 2.45) is 5.92 Å². The number of carbonyl (C=O) groups is 1. The van der Waals surface area contributed by atoms with Gasteiger partial charge in [-0.3, -0.25) is 10.1 Å². The van der Waals surface area contributed by atoms with Crippen LogP contribution in [-0.2, 0) is 14.3 Å². The third-order valence-corrected chi connectivity index (χ3v) is 4.99. The average Bonchev–Trinajstić information content (AvgIpc) is 2.78. The molecule has 176 valence electrons. The molecule has 0 saturated carbocycles. The van der Waals surface area contributed by atoms with Gasteiger partial charge in [0.05, 0.1) is 6.61 Å². The molecule has 1 amide bonds. The summed E-state index contributed by atoms with van der Waals surface area (Å²) in [5.74, 6) is 1.43. The smallest absolute Gasteiger partial charge is 0.223 e. The molecule has 1 aromatic carbocycles. The van der Waals surface area contributed by atoms with E-state index in [0.29, 0.717) is 38.7 Å². The lowest BCUT2D eigenvalue weighted by Gasteiger charge is -2.27. The van der Waals surface area contributed by atoms with Crippen molar-refractivity contribution in [1.82, 2.24) is 10.6 Å². The van der Waals surface area contributed by atoms with Crippen LogP contribution in [0.25, 0.3) is 0 Å². The van der Waals surface area contributed by atoms with Crippen molar-refractivity contribution >= 4 is 5.91 Å². The number of benzene rings is 1. The van der Waals surface area contributed by atoms with Crippen molar-refractivity contribution in [2.45, 2.75) is 58.4 Å². The molecule has 8 nitrogen and oxygen atoms in total. The zero-order chi connectivity index (χ0) is 22.5. The Labute approximate surface area is 185 Å². The summed E-state index contributed by atoms with van der Waals surface area (Å²) in [6.45, 7) is 9.20. The second-order valence-corrected chi connectivity index (χ2v) is 7.91. The van der Waals surface area contributed by atoms with Crippen molar-refractivity contribution in [3.05, 3.63) is 24.3 Å². The Morgan fingerprint density at radius 2 is 1.81 bits per heavy atom. The lowest BCUT2D eigenvalue weighted by molar-refractivity contribution is -0.127. The van der Waals surface area contributed by atoms with Crippen molar-refractivity contribution in [3.8, 4) is 11.5 Å². The van der Waals surface area contributed by atoms with E-state index in [-0.39, 0.29) is 17.9 Å². The predicted molar refractivity (Wildman–Crippen MR) is 118 cm³/mol. The van der Waals surface area contributed by atoms with Gasteiger partial charge in [-0.05, 0) is 57.4 Å².